The average Bonchev–Trinajstić information content (AvgIpc) is 2.82. The van der Waals surface area contributed by atoms with Crippen LogP contribution < -0.4 is 14.2 Å². The van der Waals surface area contributed by atoms with Crippen molar-refractivity contribution >= 4 is 5.97 Å². The molecule has 3 aromatic carbocycles. The Labute approximate surface area is 179 Å². The zero-order chi connectivity index (χ0) is 21.8. The van der Waals surface area contributed by atoms with Crippen LogP contribution in [0, 0.1) is 5.82 Å². The van der Waals surface area contributed by atoms with Crippen LogP contribution in [0.25, 0.3) is 0 Å². The summed E-state index contributed by atoms with van der Waals surface area (Å²) in [4.78, 5) is 12.5. The van der Waals surface area contributed by atoms with Gasteiger partial charge in [-0.15, -0.1) is 0 Å². The van der Waals surface area contributed by atoms with Crippen molar-refractivity contribution in [2.45, 2.75) is 19.5 Å². The number of carbonyl (C=O) groups excluding carboxylic acids is 1. The van der Waals surface area contributed by atoms with Gasteiger partial charge in [0, 0.05) is 16.7 Å². The molecule has 0 bridgehead atoms. The van der Waals surface area contributed by atoms with Crippen molar-refractivity contribution in [2.24, 2.45) is 0 Å². The van der Waals surface area contributed by atoms with Crippen molar-refractivity contribution in [1.82, 2.24) is 0 Å². The fourth-order valence-corrected chi connectivity index (χ4v) is 3.35. The van der Waals surface area contributed by atoms with Gasteiger partial charge in [0.25, 0.3) is 0 Å². The quantitative estimate of drug-likeness (QED) is 0.530. The lowest BCUT2D eigenvalue weighted by Gasteiger charge is -2.28. The van der Waals surface area contributed by atoms with E-state index in [4.69, 9.17) is 23.7 Å². The summed E-state index contributed by atoms with van der Waals surface area (Å²) in [7, 11) is 2.99. The highest BCUT2D eigenvalue weighted by atomic mass is 19.1. The molecular formula is C24H21FO6. The minimum atomic E-state index is -0.625. The summed E-state index contributed by atoms with van der Waals surface area (Å²) < 4.78 is 41.7. The molecule has 0 radical (unpaired) electrons. The van der Waals surface area contributed by atoms with Crippen molar-refractivity contribution in [3.8, 4) is 17.2 Å². The Morgan fingerprint density at radius 2 is 1.81 bits per heavy atom. The lowest BCUT2D eigenvalue weighted by molar-refractivity contribution is -0.112. The predicted octanol–water partition coefficient (Wildman–Crippen LogP) is 4.81. The van der Waals surface area contributed by atoms with E-state index in [0.29, 0.717) is 28.4 Å². The van der Waals surface area contributed by atoms with E-state index in [0.717, 1.165) is 5.56 Å². The predicted molar refractivity (Wildman–Crippen MR) is 110 cm³/mol. The topological polar surface area (TPSA) is 63.2 Å². The molecule has 7 heteroatoms. The minimum Gasteiger partial charge on any atom is -0.493 e. The van der Waals surface area contributed by atoms with E-state index in [9.17, 15) is 9.18 Å². The monoisotopic (exact) mass is 424 g/mol. The number of hydrogen-bond acceptors (Lipinski definition) is 6. The van der Waals surface area contributed by atoms with Gasteiger partial charge in [-0.1, -0.05) is 30.3 Å². The molecule has 4 rings (SSSR count). The minimum absolute atomic E-state index is 0.158. The van der Waals surface area contributed by atoms with Crippen LogP contribution in [0.5, 0.6) is 17.2 Å². The van der Waals surface area contributed by atoms with Gasteiger partial charge in [-0.25, -0.2) is 9.18 Å². The molecule has 1 aliphatic heterocycles. The Kier molecular flexibility index (Phi) is 6.04. The molecule has 31 heavy (non-hydrogen) atoms. The van der Waals surface area contributed by atoms with E-state index >= 15 is 0 Å². The van der Waals surface area contributed by atoms with Crippen LogP contribution in [0.15, 0.2) is 60.7 Å². The number of halogens is 1. The molecule has 160 valence electrons. The second kappa shape index (κ2) is 9.06. The van der Waals surface area contributed by atoms with Gasteiger partial charge in [0.05, 0.1) is 26.4 Å². The van der Waals surface area contributed by atoms with Gasteiger partial charge in [0.15, 0.2) is 11.5 Å². The smallest absolute Gasteiger partial charge is 0.338 e. The van der Waals surface area contributed by atoms with Crippen molar-refractivity contribution in [2.75, 3.05) is 14.2 Å². The lowest BCUT2D eigenvalue weighted by Crippen LogP contribution is -2.20. The Balaban J connectivity index is 1.53. The van der Waals surface area contributed by atoms with Crippen LogP contribution in [0.2, 0.25) is 0 Å². The van der Waals surface area contributed by atoms with Crippen molar-refractivity contribution in [3.63, 3.8) is 0 Å². The molecule has 0 aromatic heterocycles. The zero-order valence-electron chi connectivity index (χ0n) is 17.1. The van der Waals surface area contributed by atoms with E-state index in [1.807, 2.05) is 30.3 Å². The molecular weight excluding hydrogens is 403 g/mol. The van der Waals surface area contributed by atoms with Crippen LogP contribution in [0.3, 0.4) is 0 Å². The zero-order valence-corrected chi connectivity index (χ0v) is 17.1. The van der Waals surface area contributed by atoms with Gasteiger partial charge < -0.3 is 23.7 Å². The normalized spacial score (nSPS) is 14.9. The van der Waals surface area contributed by atoms with Crippen LogP contribution in [-0.4, -0.2) is 20.2 Å². The third kappa shape index (κ3) is 4.46. The van der Waals surface area contributed by atoms with Gasteiger partial charge in [-0.3, -0.25) is 0 Å². The van der Waals surface area contributed by atoms with Gasteiger partial charge in [0.2, 0.25) is 6.29 Å². The Hall–Kier alpha value is -3.58. The molecule has 0 amide bonds. The summed E-state index contributed by atoms with van der Waals surface area (Å²) in [5, 5.41) is 0. The SMILES string of the molecule is COc1ccc(C(=O)OCc2cc(F)cc3c2O[C@H](c2ccccc2)OC3)cc1OC. The molecule has 0 unspecified atom stereocenters. The van der Waals surface area contributed by atoms with Crippen LogP contribution >= 0.6 is 0 Å². The summed E-state index contributed by atoms with van der Waals surface area (Å²) in [6, 6.07) is 16.8. The number of carbonyl (C=O) groups is 1. The first-order valence-electron chi connectivity index (χ1n) is 9.62. The maximum Gasteiger partial charge on any atom is 0.338 e. The van der Waals surface area contributed by atoms with Crippen LogP contribution in [0.4, 0.5) is 4.39 Å². The fraction of sp³-hybridized carbons (Fsp3) is 0.208. The number of methoxy groups -OCH3 is 2. The van der Waals surface area contributed by atoms with E-state index in [2.05, 4.69) is 0 Å². The number of fused-ring (bicyclic) bond motifs is 1. The van der Waals surface area contributed by atoms with Gasteiger partial charge in [-0.05, 0) is 30.3 Å². The van der Waals surface area contributed by atoms with Gasteiger partial charge in [-0.2, -0.15) is 0 Å². The highest BCUT2D eigenvalue weighted by Gasteiger charge is 2.26. The third-order valence-corrected chi connectivity index (χ3v) is 4.87. The molecule has 0 saturated carbocycles. The lowest BCUT2D eigenvalue weighted by atomic mass is 10.1. The summed E-state index contributed by atoms with van der Waals surface area (Å²) >= 11 is 0. The van der Waals surface area contributed by atoms with Crippen molar-refractivity contribution in [3.05, 3.63) is 88.7 Å². The maximum atomic E-state index is 14.1. The highest BCUT2D eigenvalue weighted by molar-refractivity contribution is 5.90. The molecule has 0 fully saturated rings. The van der Waals surface area contributed by atoms with Crippen LogP contribution in [-0.2, 0) is 22.7 Å². The fourth-order valence-electron chi connectivity index (χ4n) is 3.35. The first-order chi connectivity index (χ1) is 15.1. The van der Waals surface area contributed by atoms with E-state index < -0.39 is 18.1 Å². The maximum absolute atomic E-state index is 14.1. The molecule has 0 spiro atoms. The molecule has 1 heterocycles. The Morgan fingerprint density at radius 3 is 2.55 bits per heavy atom. The van der Waals surface area contributed by atoms with Gasteiger partial charge >= 0.3 is 5.97 Å². The Morgan fingerprint density at radius 1 is 1.03 bits per heavy atom. The summed E-state index contributed by atoms with van der Waals surface area (Å²) in [5.74, 6) is 0.332. The first kappa shape index (κ1) is 20.7. The molecule has 0 saturated heterocycles. The van der Waals surface area contributed by atoms with E-state index in [1.54, 1.807) is 12.1 Å². The highest BCUT2D eigenvalue weighted by Crippen LogP contribution is 2.37. The third-order valence-electron chi connectivity index (χ3n) is 4.87. The standard InChI is InChI=1S/C24H21FO6/c1-27-20-9-8-16(12-21(20)28-2)23(26)29-13-17-10-19(25)11-18-14-30-24(31-22(17)18)15-6-4-3-5-7-15/h3-12,24H,13-14H2,1-2H3/t24-/m1/s1. The number of ether oxygens (including phenoxy) is 5. The van der Waals surface area contributed by atoms with E-state index in [-0.39, 0.29) is 18.8 Å². The van der Waals surface area contributed by atoms with Crippen molar-refractivity contribution < 1.29 is 32.9 Å². The van der Waals surface area contributed by atoms with Crippen LogP contribution in [0.1, 0.15) is 33.3 Å². The second-order valence-electron chi connectivity index (χ2n) is 6.87. The number of hydrogen-bond donors (Lipinski definition) is 0. The molecule has 3 aromatic rings. The molecule has 6 nitrogen and oxygen atoms in total. The van der Waals surface area contributed by atoms with Crippen molar-refractivity contribution in [1.29, 1.82) is 0 Å². The second-order valence-corrected chi connectivity index (χ2v) is 6.87. The largest absolute Gasteiger partial charge is 0.493 e. The summed E-state index contributed by atoms with van der Waals surface area (Å²) in [6.45, 7) is 0.0259. The summed E-state index contributed by atoms with van der Waals surface area (Å²) in [5.41, 5.74) is 2.11. The molecule has 1 aliphatic rings. The molecule has 1 atom stereocenters. The Bertz CT molecular complexity index is 1080. The summed E-state index contributed by atoms with van der Waals surface area (Å²) in [6.07, 6.45) is -0.625. The van der Waals surface area contributed by atoms with Gasteiger partial charge in [0.1, 0.15) is 18.2 Å². The molecule has 0 aliphatic carbocycles. The first-order valence-corrected chi connectivity index (χ1v) is 9.62. The average molecular weight is 424 g/mol. The number of rotatable bonds is 6. The number of esters is 1. The molecule has 0 N–H and O–H groups in total. The van der Waals surface area contributed by atoms with E-state index in [1.165, 1.54) is 32.4 Å². The number of benzene rings is 3.